The number of ether oxygens (including phenoxy) is 1. The molecule has 9 heteroatoms. The number of methoxy groups -OCH3 is 1. The van der Waals surface area contributed by atoms with E-state index in [0.717, 1.165) is 10.1 Å². The van der Waals surface area contributed by atoms with Gasteiger partial charge in [0.25, 0.3) is 5.56 Å². The maximum absolute atomic E-state index is 14.1. The van der Waals surface area contributed by atoms with Crippen molar-refractivity contribution in [1.29, 1.82) is 0 Å². The second-order valence-corrected chi connectivity index (χ2v) is 9.45. The lowest BCUT2D eigenvalue weighted by atomic mass is 10.2. The summed E-state index contributed by atoms with van der Waals surface area (Å²) in [6, 6.07) is 14.4. The van der Waals surface area contributed by atoms with Crippen LogP contribution in [0.4, 0.5) is 4.39 Å². The third kappa shape index (κ3) is 5.43. The molecule has 4 rings (SSSR count). The van der Waals surface area contributed by atoms with Crippen LogP contribution in [0.5, 0.6) is 0 Å². The molecule has 0 saturated carbocycles. The van der Waals surface area contributed by atoms with Gasteiger partial charge in [0.2, 0.25) is 5.91 Å². The average molecular weight is 486 g/mol. The number of carbonyl (C=O) groups excluding carboxylic acids is 1. The van der Waals surface area contributed by atoms with Gasteiger partial charge in [-0.3, -0.25) is 14.2 Å². The Labute approximate surface area is 198 Å². The number of carbonyl (C=O) groups is 1. The molecule has 0 bridgehead atoms. The summed E-state index contributed by atoms with van der Waals surface area (Å²) in [5.74, 6) is -0.0188. The first-order valence-electron chi connectivity index (χ1n) is 10.6. The molecule has 4 aromatic rings. The molecule has 0 saturated heterocycles. The summed E-state index contributed by atoms with van der Waals surface area (Å²) >= 11 is 2.75. The zero-order valence-corrected chi connectivity index (χ0v) is 19.8. The van der Waals surface area contributed by atoms with Gasteiger partial charge in [-0.15, -0.1) is 11.3 Å². The molecule has 0 unspecified atom stereocenters. The van der Waals surface area contributed by atoms with E-state index in [1.807, 2.05) is 24.3 Å². The van der Waals surface area contributed by atoms with Gasteiger partial charge in [-0.1, -0.05) is 48.2 Å². The molecule has 0 aliphatic heterocycles. The minimum Gasteiger partial charge on any atom is -0.383 e. The monoisotopic (exact) mass is 485 g/mol. The summed E-state index contributed by atoms with van der Waals surface area (Å²) in [6.07, 6.45) is 0.780. The maximum atomic E-state index is 14.1. The van der Waals surface area contributed by atoms with Crippen LogP contribution >= 0.6 is 23.1 Å². The molecule has 33 heavy (non-hydrogen) atoms. The SMILES string of the molecule is COCCNC(=O)CCCn1c(SCc2ccccc2F)nc2c(sc3ccccc32)c1=O. The highest BCUT2D eigenvalue weighted by molar-refractivity contribution is 7.98. The molecule has 172 valence electrons. The highest BCUT2D eigenvalue weighted by atomic mass is 32.2. The molecule has 6 nitrogen and oxygen atoms in total. The second kappa shape index (κ2) is 10.9. The van der Waals surface area contributed by atoms with Crippen LogP contribution in [-0.4, -0.2) is 35.7 Å². The highest BCUT2D eigenvalue weighted by Gasteiger charge is 2.17. The number of thiophene rings is 1. The molecule has 0 aliphatic carbocycles. The zero-order valence-electron chi connectivity index (χ0n) is 18.2. The molecule has 1 N–H and O–H groups in total. The predicted molar refractivity (Wildman–Crippen MR) is 131 cm³/mol. The average Bonchev–Trinajstić information content (AvgIpc) is 3.19. The fraction of sp³-hybridized carbons (Fsp3) is 0.292. The van der Waals surface area contributed by atoms with Gasteiger partial charge in [0.1, 0.15) is 10.5 Å². The summed E-state index contributed by atoms with van der Waals surface area (Å²) in [7, 11) is 1.58. The van der Waals surface area contributed by atoms with Crippen LogP contribution in [0.25, 0.3) is 20.3 Å². The van der Waals surface area contributed by atoms with Crippen LogP contribution < -0.4 is 10.9 Å². The van der Waals surface area contributed by atoms with E-state index in [9.17, 15) is 14.0 Å². The minimum atomic E-state index is -0.284. The number of hydrogen-bond acceptors (Lipinski definition) is 6. The third-order valence-corrected chi connectivity index (χ3v) is 7.35. The fourth-order valence-corrected chi connectivity index (χ4v) is 5.59. The van der Waals surface area contributed by atoms with Crippen LogP contribution in [0.1, 0.15) is 18.4 Å². The van der Waals surface area contributed by atoms with Crippen LogP contribution in [0.3, 0.4) is 0 Å². The molecule has 2 aromatic carbocycles. The van der Waals surface area contributed by atoms with Crippen molar-refractivity contribution in [3.05, 3.63) is 70.3 Å². The van der Waals surface area contributed by atoms with Gasteiger partial charge in [-0.2, -0.15) is 0 Å². The van der Waals surface area contributed by atoms with Crippen molar-refractivity contribution in [2.45, 2.75) is 30.3 Å². The van der Waals surface area contributed by atoms with E-state index < -0.39 is 0 Å². The summed E-state index contributed by atoms with van der Waals surface area (Å²) in [5, 5.41) is 4.25. The molecule has 0 fully saturated rings. The van der Waals surface area contributed by atoms with Gasteiger partial charge < -0.3 is 10.1 Å². The Balaban J connectivity index is 1.62. The number of amides is 1. The molecule has 0 aliphatic rings. The normalized spacial score (nSPS) is 11.3. The predicted octanol–water partition coefficient (Wildman–Crippen LogP) is 4.59. The maximum Gasteiger partial charge on any atom is 0.272 e. The van der Waals surface area contributed by atoms with Gasteiger partial charge in [0, 0.05) is 42.5 Å². The number of hydrogen-bond donors (Lipinski definition) is 1. The number of thioether (sulfide) groups is 1. The second-order valence-electron chi connectivity index (χ2n) is 7.45. The summed E-state index contributed by atoms with van der Waals surface area (Å²) in [5.41, 5.74) is 1.10. The Morgan fingerprint density at radius 3 is 2.82 bits per heavy atom. The first-order chi connectivity index (χ1) is 16.1. The largest absolute Gasteiger partial charge is 0.383 e. The van der Waals surface area contributed by atoms with Crippen LogP contribution in [0, 0.1) is 5.82 Å². The quantitative estimate of drug-likeness (QED) is 0.202. The van der Waals surface area contributed by atoms with Gasteiger partial charge in [-0.05, 0) is 24.1 Å². The van der Waals surface area contributed by atoms with E-state index in [-0.39, 0.29) is 23.7 Å². The molecule has 2 aromatic heterocycles. The van der Waals surface area contributed by atoms with Gasteiger partial charge in [-0.25, -0.2) is 9.37 Å². The Morgan fingerprint density at radius 2 is 2.00 bits per heavy atom. The van der Waals surface area contributed by atoms with Gasteiger partial charge in [0.15, 0.2) is 5.16 Å². The number of benzene rings is 2. The Kier molecular flexibility index (Phi) is 7.74. The Hall–Kier alpha value is -2.75. The summed E-state index contributed by atoms with van der Waals surface area (Å²) < 4.78 is 22.3. The standard InChI is InChI=1S/C24H24FN3O3S2/c1-31-14-12-26-20(29)11-6-13-28-23(30)22-21(17-8-3-5-10-19(17)33-22)27-24(28)32-15-16-7-2-4-9-18(16)25/h2-5,7-10H,6,11-15H2,1H3,(H,26,29). The highest BCUT2D eigenvalue weighted by Crippen LogP contribution is 2.32. The zero-order chi connectivity index (χ0) is 23.2. The third-order valence-electron chi connectivity index (χ3n) is 5.18. The molecule has 0 radical (unpaired) electrons. The van der Waals surface area contributed by atoms with Crippen molar-refractivity contribution in [2.24, 2.45) is 0 Å². The van der Waals surface area contributed by atoms with Crippen molar-refractivity contribution in [1.82, 2.24) is 14.9 Å². The first kappa shape index (κ1) is 23.4. The van der Waals surface area contributed by atoms with E-state index in [4.69, 9.17) is 9.72 Å². The molecular formula is C24H24FN3O3S2. The van der Waals surface area contributed by atoms with Gasteiger partial charge >= 0.3 is 0 Å². The first-order valence-corrected chi connectivity index (χ1v) is 12.4. The smallest absolute Gasteiger partial charge is 0.272 e. The lowest BCUT2D eigenvalue weighted by molar-refractivity contribution is -0.121. The molecule has 1 amide bonds. The lowest BCUT2D eigenvalue weighted by Crippen LogP contribution is -2.28. The number of halogens is 1. The lowest BCUT2D eigenvalue weighted by Gasteiger charge is -2.12. The molecule has 0 spiro atoms. The summed E-state index contributed by atoms with van der Waals surface area (Å²) in [6.45, 7) is 1.26. The minimum absolute atomic E-state index is 0.0865. The van der Waals surface area contributed by atoms with Crippen molar-refractivity contribution in [2.75, 3.05) is 20.3 Å². The van der Waals surface area contributed by atoms with Gasteiger partial charge in [0.05, 0.1) is 12.1 Å². The van der Waals surface area contributed by atoms with E-state index in [2.05, 4.69) is 5.32 Å². The molecular weight excluding hydrogens is 461 g/mol. The number of rotatable bonds is 10. The molecule has 0 atom stereocenters. The van der Waals surface area contributed by atoms with Crippen LogP contribution in [-0.2, 0) is 21.8 Å². The van der Waals surface area contributed by atoms with Crippen molar-refractivity contribution >= 4 is 49.3 Å². The Bertz CT molecular complexity index is 1340. The number of nitrogens with zero attached hydrogens (tertiary/aromatic N) is 2. The van der Waals surface area contributed by atoms with Crippen LogP contribution in [0.2, 0.25) is 0 Å². The van der Waals surface area contributed by atoms with Crippen LogP contribution in [0.15, 0.2) is 58.5 Å². The number of nitrogens with one attached hydrogen (secondary N) is 1. The summed E-state index contributed by atoms with van der Waals surface area (Å²) in [4.78, 5) is 30.3. The molecule has 2 heterocycles. The topological polar surface area (TPSA) is 73.2 Å². The van der Waals surface area contributed by atoms with Crippen molar-refractivity contribution < 1.29 is 13.9 Å². The van der Waals surface area contributed by atoms with E-state index in [0.29, 0.717) is 52.8 Å². The van der Waals surface area contributed by atoms with E-state index in [1.54, 1.807) is 29.9 Å². The number of aromatic nitrogens is 2. The Morgan fingerprint density at radius 1 is 1.21 bits per heavy atom. The van der Waals surface area contributed by atoms with Crippen molar-refractivity contribution in [3.63, 3.8) is 0 Å². The van der Waals surface area contributed by atoms with Crippen molar-refractivity contribution in [3.8, 4) is 0 Å². The fourth-order valence-electron chi connectivity index (χ4n) is 3.50. The number of fused-ring (bicyclic) bond motifs is 3. The van der Waals surface area contributed by atoms with E-state index in [1.165, 1.54) is 29.2 Å². The van der Waals surface area contributed by atoms with E-state index >= 15 is 0 Å².